The van der Waals surface area contributed by atoms with Crippen molar-refractivity contribution in [1.82, 2.24) is 10.2 Å². The van der Waals surface area contributed by atoms with Crippen molar-refractivity contribution in [3.63, 3.8) is 0 Å². The Morgan fingerprint density at radius 3 is 3.05 bits per heavy atom. The topological polar surface area (TPSA) is 35.5 Å². The Bertz CT molecular complexity index is 446. The van der Waals surface area contributed by atoms with Crippen LogP contribution in [-0.2, 0) is 6.42 Å². The minimum Gasteiger partial charge on any atom is -0.508 e. The number of phenols is 1. The van der Waals surface area contributed by atoms with Gasteiger partial charge < -0.3 is 15.3 Å². The van der Waals surface area contributed by atoms with Gasteiger partial charge in [0, 0.05) is 18.6 Å². The molecule has 0 saturated carbocycles. The minimum atomic E-state index is 0.428. The molecule has 0 spiro atoms. The van der Waals surface area contributed by atoms with Crippen LogP contribution in [0.1, 0.15) is 42.9 Å². The Morgan fingerprint density at radius 2 is 2.21 bits per heavy atom. The van der Waals surface area contributed by atoms with Crippen molar-refractivity contribution in [1.29, 1.82) is 0 Å². The van der Waals surface area contributed by atoms with Gasteiger partial charge >= 0.3 is 0 Å². The average molecular weight is 260 g/mol. The van der Waals surface area contributed by atoms with Crippen molar-refractivity contribution in [2.45, 2.75) is 44.2 Å². The van der Waals surface area contributed by atoms with E-state index in [2.05, 4.69) is 23.3 Å². The number of rotatable bonds is 3. The Morgan fingerprint density at radius 1 is 1.32 bits per heavy atom. The molecule has 2 unspecified atom stereocenters. The molecule has 2 N–H and O–H groups in total. The highest BCUT2D eigenvalue weighted by atomic mass is 16.3. The highest BCUT2D eigenvalue weighted by Gasteiger charge is 2.26. The molecule has 1 heterocycles. The first kappa shape index (κ1) is 12.9. The number of fused-ring (bicyclic) bond motifs is 1. The molecule has 1 aliphatic heterocycles. The largest absolute Gasteiger partial charge is 0.508 e. The Labute approximate surface area is 115 Å². The normalized spacial score (nSPS) is 27.4. The van der Waals surface area contributed by atoms with Crippen LogP contribution in [0.15, 0.2) is 18.2 Å². The zero-order valence-corrected chi connectivity index (χ0v) is 11.7. The molecule has 3 heteroatoms. The monoisotopic (exact) mass is 260 g/mol. The Kier molecular flexibility index (Phi) is 3.76. The second kappa shape index (κ2) is 5.51. The molecule has 0 aromatic heterocycles. The van der Waals surface area contributed by atoms with Gasteiger partial charge in [0.1, 0.15) is 5.75 Å². The fraction of sp³-hybridized carbons (Fsp3) is 0.625. The van der Waals surface area contributed by atoms with E-state index in [1.165, 1.54) is 31.4 Å². The summed E-state index contributed by atoms with van der Waals surface area (Å²) in [6, 6.07) is 7.02. The molecule has 1 saturated heterocycles. The van der Waals surface area contributed by atoms with E-state index in [0.717, 1.165) is 24.9 Å². The Balaban J connectivity index is 1.62. The predicted molar refractivity (Wildman–Crippen MR) is 77.4 cm³/mol. The number of phenolic OH excluding ortho intramolecular Hbond substituents is 1. The summed E-state index contributed by atoms with van der Waals surface area (Å²) in [5.41, 5.74) is 2.45. The molecular weight excluding hydrogens is 236 g/mol. The van der Waals surface area contributed by atoms with Crippen molar-refractivity contribution in [2.75, 3.05) is 20.1 Å². The SMILES string of the molecule is CN1CCCCC1CNC1CCc2c(O)cccc21. The maximum atomic E-state index is 9.87. The molecule has 0 bridgehead atoms. The number of nitrogens with one attached hydrogen (secondary N) is 1. The molecule has 1 aliphatic carbocycles. The molecule has 0 amide bonds. The number of piperidine rings is 1. The van der Waals surface area contributed by atoms with Crippen molar-refractivity contribution >= 4 is 0 Å². The average Bonchev–Trinajstić information content (AvgIpc) is 2.83. The van der Waals surface area contributed by atoms with E-state index < -0.39 is 0 Å². The van der Waals surface area contributed by atoms with Crippen molar-refractivity contribution in [3.8, 4) is 5.75 Å². The summed E-state index contributed by atoms with van der Waals surface area (Å²) in [4.78, 5) is 2.48. The lowest BCUT2D eigenvalue weighted by Crippen LogP contribution is -2.43. The summed E-state index contributed by atoms with van der Waals surface area (Å²) in [5, 5.41) is 13.6. The molecule has 3 rings (SSSR count). The number of nitrogens with zero attached hydrogens (tertiary/aromatic N) is 1. The molecule has 1 aromatic rings. The van der Waals surface area contributed by atoms with Gasteiger partial charge in [-0.2, -0.15) is 0 Å². The predicted octanol–water partition coefficient (Wildman–Crippen LogP) is 2.45. The first-order valence-corrected chi connectivity index (χ1v) is 7.50. The van der Waals surface area contributed by atoms with E-state index in [4.69, 9.17) is 0 Å². The summed E-state index contributed by atoms with van der Waals surface area (Å²) in [7, 11) is 2.24. The van der Waals surface area contributed by atoms with Gasteiger partial charge in [-0.1, -0.05) is 18.6 Å². The zero-order valence-electron chi connectivity index (χ0n) is 11.7. The standard InChI is InChI=1S/C16H24N2O/c1-18-10-3-2-5-12(18)11-17-15-9-8-14-13(15)6-4-7-16(14)19/h4,6-7,12,15,17,19H,2-3,5,8-11H2,1H3. The number of likely N-dealkylation sites (tertiary alicyclic amines) is 1. The third kappa shape index (κ3) is 2.63. The van der Waals surface area contributed by atoms with Gasteiger partial charge in [0.05, 0.1) is 0 Å². The van der Waals surface area contributed by atoms with Gasteiger partial charge in [0.25, 0.3) is 0 Å². The fourth-order valence-electron chi connectivity index (χ4n) is 3.53. The highest BCUT2D eigenvalue weighted by Crippen LogP contribution is 2.36. The summed E-state index contributed by atoms with van der Waals surface area (Å²) in [6.07, 6.45) is 6.12. The number of hydrogen-bond acceptors (Lipinski definition) is 3. The van der Waals surface area contributed by atoms with Gasteiger partial charge in [-0.05, 0) is 56.5 Å². The number of benzene rings is 1. The van der Waals surface area contributed by atoms with E-state index >= 15 is 0 Å². The van der Waals surface area contributed by atoms with E-state index in [0.29, 0.717) is 17.8 Å². The van der Waals surface area contributed by atoms with Crippen LogP contribution in [0.5, 0.6) is 5.75 Å². The van der Waals surface area contributed by atoms with E-state index in [-0.39, 0.29) is 0 Å². The summed E-state index contributed by atoms with van der Waals surface area (Å²) in [5.74, 6) is 0.469. The third-order valence-corrected chi connectivity index (χ3v) is 4.77. The summed E-state index contributed by atoms with van der Waals surface area (Å²) < 4.78 is 0. The van der Waals surface area contributed by atoms with Crippen molar-refractivity contribution in [2.24, 2.45) is 0 Å². The van der Waals surface area contributed by atoms with E-state index in [1.54, 1.807) is 6.07 Å². The van der Waals surface area contributed by atoms with Gasteiger partial charge in [-0.25, -0.2) is 0 Å². The molecule has 3 nitrogen and oxygen atoms in total. The maximum Gasteiger partial charge on any atom is 0.119 e. The van der Waals surface area contributed by atoms with Crippen LogP contribution in [0, 0.1) is 0 Å². The summed E-state index contributed by atoms with van der Waals surface area (Å²) in [6.45, 7) is 2.30. The van der Waals surface area contributed by atoms with Gasteiger partial charge in [-0.3, -0.25) is 0 Å². The van der Waals surface area contributed by atoms with Gasteiger partial charge in [0.2, 0.25) is 0 Å². The van der Waals surface area contributed by atoms with Crippen LogP contribution >= 0.6 is 0 Å². The molecule has 1 aromatic carbocycles. The summed E-state index contributed by atoms with van der Waals surface area (Å²) >= 11 is 0. The second-order valence-corrected chi connectivity index (χ2v) is 5.97. The lowest BCUT2D eigenvalue weighted by atomic mass is 10.0. The van der Waals surface area contributed by atoms with Crippen LogP contribution in [-0.4, -0.2) is 36.2 Å². The van der Waals surface area contributed by atoms with Gasteiger partial charge in [-0.15, -0.1) is 0 Å². The number of likely N-dealkylation sites (N-methyl/N-ethyl adjacent to an activating group) is 1. The molecule has 2 atom stereocenters. The van der Waals surface area contributed by atoms with Crippen LogP contribution in [0.2, 0.25) is 0 Å². The number of hydrogen-bond donors (Lipinski definition) is 2. The van der Waals surface area contributed by atoms with Crippen LogP contribution in [0.4, 0.5) is 0 Å². The molecule has 19 heavy (non-hydrogen) atoms. The minimum absolute atomic E-state index is 0.428. The number of aromatic hydroxyl groups is 1. The lowest BCUT2D eigenvalue weighted by molar-refractivity contribution is 0.177. The van der Waals surface area contributed by atoms with Crippen LogP contribution < -0.4 is 5.32 Å². The highest BCUT2D eigenvalue weighted by molar-refractivity contribution is 5.44. The first-order chi connectivity index (χ1) is 9.25. The molecule has 0 radical (unpaired) electrons. The van der Waals surface area contributed by atoms with Crippen LogP contribution in [0.3, 0.4) is 0 Å². The van der Waals surface area contributed by atoms with Crippen LogP contribution in [0.25, 0.3) is 0 Å². The fourth-order valence-corrected chi connectivity index (χ4v) is 3.53. The third-order valence-electron chi connectivity index (χ3n) is 4.77. The van der Waals surface area contributed by atoms with Crippen molar-refractivity contribution in [3.05, 3.63) is 29.3 Å². The molecule has 104 valence electrons. The quantitative estimate of drug-likeness (QED) is 0.876. The van der Waals surface area contributed by atoms with Gasteiger partial charge in [0.15, 0.2) is 0 Å². The Hall–Kier alpha value is -1.06. The van der Waals surface area contributed by atoms with E-state index in [1.807, 2.05) is 6.07 Å². The van der Waals surface area contributed by atoms with Crippen molar-refractivity contribution < 1.29 is 5.11 Å². The first-order valence-electron chi connectivity index (χ1n) is 7.50. The zero-order chi connectivity index (χ0) is 13.2. The molecule has 2 aliphatic rings. The second-order valence-electron chi connectivity index (χ2n) is 5.97. The molecular formula is C16H24N2O. The smallest absolute Gasteiger partial charge is 0.119 e. The lowest BCUT2D eigenvalue weighted by Gasteiger charge is -2.33. The maximum absolute atomic E-state index is 9.87. The molecule has 1 fully saturated rings. The van der Waals surface area contributed by atoms with E-state index in [9.17, 15) is 5.11 Å².